The van der Waals surface area contributed by atoms with Gasteiger partial charge in [-0.3, -0.25) is 4.79 Å². The SMILES string of the molecule is O=C(OCCOc1ccccc1C(F)(F)F)C12C3CC(CC31)C2(F)F. The molecule has 2 atom stereocenters. The highest BCUT2D eigenvalue weighted by molar-refractivity contribution is 5.85. The molecule has 8 heteroatoms. The first-order valence-corrected chi connectivity index (χ1v) is 8.04. The second-order valence-electron chi connectivity index (χ2n) is 6.85. The third-order valence-electron chi connectivity index (χ3n) is 5.79. The fraction of sp³-hybridized carbons (Fsp3) is 0.588. The molecule has 0 aliphatic heterocycles. The highest BCUT2D eigenvalue weighted by Crippen LogP contribution is 2.84. The normalized spacial score (nSPS) is 34.0. The molecular formula is C17H15F5O3. The first-order chi connectivity index (χ1) is 11.7. The molecule has 4 fully saturated rings. The number of esters is 1. The zero-order valence-electron chi connectivity index (χ0n) is 13.0. The summed E-state index contributed by atoms with van der Waals surface area (Å²) in [5.41, 5.74) is -2.63. The van der Waals surface area contributed by atoms with Crippen molar-refractivity contribution < 1.29 is 36.2 Å². The second kappa shape index (κ2) is 5.08. The summed E-state index contributed by atoms with van der Waals surface area (Å²) in [6.07, 6.45) is -3.87. The van der Waals surface area contributed by atoms with Crippen LogP contribution in [-0.4, -0.2) is 25.1 Å². The lowest BCUT2D eigenvalue weighted by molar-refractivity contribution is -0.168. The molecule has 4 aliphatic rings. The molecule has 0 saturated heterocycles. The monoisotopic (exact) mass is 362 g/mol. The van der Waals surface area contributed by atoms with Crippen LogP contribution in [0.2, 0.25) is 0 Å². The molecule has 4 saturated carbocycles. The van der Waals surface area contributed by atoms with Crippen LogP contribution >= 0.6 is 0 Å². The minimum absolute atomic E-state index is 0.313. The van der Waals surface area contributed by atoms with E-state index in [-0.39, 0.29) is 30.8 Å². The second-order valence-corrected chi connectivity index (χ2v) is 6.85. The minimum Gasteiger partial charge on any atom is -0.489 e. The summed E-state index contributed by atoms with van der Waals surface area (Å²) in [6, 6.07) is 4.65. The van der Waals surface area contributed by atoms with Crippen LogP contribution in [-0.2, 0) is 15.7 Å². The number of hydrogen-bond donors (Lipinski definition) is 0. The highest BCUT2D eigenvalue weighted by Gasteiger charge is 2.92. The van der Waals surface area contributed by atoms with E-state index < -0.39 is 35.0 Å². The van der Waals surface area contributed by atoms with Crippen molar-refractivity contribution in [3.8, 4) is 5.75 Å². The third kappa shape index (κ3) is 2.12. The molecule has 3 nitrogen and oxygen atoms in total. The number of hydrogen-bond acceptors (Lipinski definition) is 3. The van der Waals surface area contributed by atoms with E-state index in [0.29, 0.717) is 12.8 Å². The molecule has 5 rings (SSSR count). The number of alkyl halides is 5. The van der Waals surface area contributed by atoms with E-state index in [1.807, 2.05) is 0 Å². The topological polar surface area (TPSA) is 35.5 Å². The molecule has 1 aromatic rings. The number of halogens is 5. The van der Waals surface area contributed by atoms with Crippen molar-refractivity contribution in [2.24, 2.45) is 23.2 Å². The van der Waals surface area contributed by atoms with Crippen molar-refractivity contribution in [3.05, 3.63) is 29.8 Å². The van der Waals surface area contributed by atoms with Gasteiger partial charge in [-0.25, -0.2) is 8.78 Å². The van der Waals surface area contributed by atoms with Gasteiger partial charge < -0.3 is 9.47 Å². The van der Waals surface area contributed by atoms with Gasteiger partial charge in [-0.1, -0.05) is 12.1 Å². The van der Waals surface area contributed by atoms with Crippen LogP contribution in [0.5, 0.6) is 5.75 Å². The van der Waals surface area contributed by atoms with Gasteiger partial charge in [-0.05, 0) is 36.8 Å². The largest absolute Gasteiger partial charge is 0.489 e. The summed E-state index contributed by atoms with van der Waals surface area (Å²) < 4.78 is 76.9. The smallest absolute Gasteiger partial charge is 0.419 e. The van der Waals surface area contributed by atoms with Gasteiger partial charge in [0.1, 0.15) is 24.4 Å². The quantitative estimate of drug-likeness (QED) is 0.453. The predicted molar refractivity (Wildman–Crippen MR) is 75.0 cm³/mol. The summed E-state index contributed by atoms with van der Waals surface area (Å²) in [5.74, 6) is -5.74. The van der Waals surface area contributed by atoms with E-state index in [0.717, 1.165) is 12.1 Å². The van der Waals surface area contributed by atoms with Crippen LogP contribution < -0.4 is 4.74 Å². The molecule has 136 valence electrons. The molecule has 0 radical (unpaired) electrons. The number of ether oxygens (including phenoxy) is 2. The van der Waals surface area contributed by atoms with Crippen molar-refractivity contribution in [2.45, 2.75) is 24.9 Å². The summed E-state index contributed by atoms with van der Waals surface area (Å²) in [7, 11) is 0. The summed E-state index contributed by atoms with van der Waals surface area (Å²) in [4.78, 5) is 12.2. The van der Waals surface area contributed by atoms with Crippen molar-refractivity contribution in [2.75, 3.05) is 13.2 Å². The molecule has 0 N–H and O–H groups in total. The first kappa shape index (κ1) is 16.6. The maximum Gasteiger partial charge on any atom is 0.419 e. The van der Waals surface area contributed by atoms with Crippen LogP contribution in [0.3, 0.4) is 0 Å². The van der Waals surface area contributed by atoms with Crippen molar-refractivity contribution in [1.82, 2.24) is 0 Å². The third-order valence-corrected chi connectivity index (χ3v) is 5.79. The van der Waals surface area contributed by atoms with Gasteiger partial charge in [0, 0.05) is 5.92 Å². The Hall–Kier alpha value is -1.86. The zero-order chi connectivity index (χ0) is 18.0. The molecular weight excluding hydrogens is 347 g/mol. The molecule has 0 aromatic heterocycles. The van der Waals surface area contributed by atoms with Gasteiger partial charge >= 0.3 is 12.1 Å². The molecule has 25 heavy (non-hydrogen) atoms. The Morgan fingerprint density at radius 2 is 1.76 bits per heavy atom. The van der Waals surface area contributed by atoms with Crippen LogP contribution in [0.1, 0.15) is 18.4 Å². The molecule has 4 aliphatic carbocycles. The number of carbonyl (C=O) groups excluding carboxylic acids is 1. The summed E-state index contributed by atoms with van der Waals surface area (Å²) >= 11 is 0. The predicted octanol–water partition coefficient (Wildman–Crippen LogP) is 3.92. The Morgan fingerprint density at radius 3 is 2.32 bits per heavy atom. The van der Waals surface area contributed by atoms with E-state index in [4.69, 9.17) is 9.47 Å². The zero-order valence-corrected chi connectivity index (χ0v) is 13.0. The van der Waals surface area contributed by atoms with E-state index in [2.05, 4.69) is 0 Å². The first-order valence-electron chi connectivity index (χ1n) is 8.04. The lowest BCUT2D eigenvalue weighted by atomic mass is 9.99. The maximum absolute atomic E-state index is 14.2. The van der Waals surface area contributed by atoms with Gasteiger partial charge in [0.2, 0.25) is 0 Å². The fourth-order valence-electron chi connectivity index (χ4n) is 4.75. The molecule has 1 aromatic carbocycles. The molecule has 0 amide bonds. The van der Waals surface area contributed by atoms with E-state index in [1.54, 1.807) is 0 Å². The Kier molecular flexibility index (Phi) is 3.37. The number of benzene rings is 1. The Labute approximate surface area is 140 Å². The van der Waals surface area contributed by atoms with Gasteiger partial charge in [0.05, 0.1) is 5.56 Å². The van der Waals surface area contributed by atoms with Gasteiger partial charge in [0.25, 0.3) is 5.92 Å². The van der Waals surface area contributed by atoms with Crippen molar-refractivity contribution >= 4 is 5.97 Å². The number of para-hydroxylation sites is 1. The summed E-state index contributed by atoms with van der Waals surface area (Å²) in [6.45, 7) is -0.702. The summed E-state index contributed by atoms with van der Waals surface area (Å²) in [5, 5.41) is 0. The maximum atomic E-state index is 14.2. The standard InChI is InChI=1S/C17H15F5O3/c18-16(19)9-7-11-12(8-9)15(11,16)14(23)25-6-5-24-13-4-2-1-3-10(13)17(20,21)22/h1-4,9,11-12H,5-8H2. The number of carbonyl (C=O) groups is 1. The van der Waals surface area contributed by atoms with Crippen molar-refractivity contribution in [3.63, 3.8) is 0 Å². The average Bonchev–Trinajstić information content (AvgIpc) is 2.79. The van der Waals surface area contributed by atoms with Gasteiger partial charge in [0.15, 0.2) is 0 Å². The van der Waals surface area contributed by atoms with E-state index >= 15 is 0 Å². The Morgan fingerprint density at radius 1 is 1.12 bits per heavy atom. The lowest BCUT2D eigenvalue weighted by Crippen LogP contribution is -2.37. The highest BCUT2D eigenvalue weighted by atomic mass is 19.4. The molecule has 0 heterocycles. The lowest BCUT2D eigenvalue weighted by Gasteiger charge is -2.21. The van der Waals surface area contributed by atoms with Crippen LogP contribution in [0.4, 0.5) is 22.0 Å². The molecule has 4 bridgehead atoms. The van der Waals surface area contributed by atoms with E-state index in [1.165, 1.54) is 12.1 Å². The Bertz CT molecular complexity index is 702. The molecule has 2 unspecified atom stereocenters. The average molecular weight is 362 g/mol. The van der Waals surface area contributed by atoms with Crippen molar-refractivity contribution in [1.29, 1.82) is 0 Å². The van der Waals surface area contributed by atoms with Gasteiger partial charge in [-0.2, -0.15) is 13.2 Å². The van der Waals surface area contributed by atoms with E-state index in [9.17, 15) is 26.7 Å². The molecule has 0 spiro atoms. The van der Waals surface area contributed by atoms with Crippen LogP contribution in [0.15, 0.2) is 24.3 Å². The van der Waals surface area contributed by atoms with Crippen LogP contribution in [0, 0.1) is 23.2 Å². The Balaban J connectivity index is 1.34. The number of rotatable bonds is 5. The van der Waals surface area contributed by atoms with Crippen LogP contribution in [0.25, 0.3) is 0 Å². The van der Waals surface area contributed by atoms with Gasteiger partial charge in [-0.15, -0.1) is 0 Å². The minimum atomic E-state index is -4.57. The fourth-order valence-corrected chi connectivity index (χ4v) is 4.75.